The SMILES string of the molecule is Cc1cc2cc(N=C(/N=C\C3CCCCN(CC(=O)N4CCCC4)C3=O)NC#N)ccc2[nH]1. The number of aromatic amines is 1. The van der Waals surface area contributed by atoms with Crippen LogP contribution in [0.3, 0.4) is 0 Å². The van der Waals surface area contributed by atoms with E-state index >= 15 is 0 Å². The van der Waals surface area contributed by atoms with E-state index in [0.717, 1.165) is 55.4 Å². The lowest BCUT2D eigenvalue weighted by atomic mass is 10.0. The first-order valence-corrected chi connectivity index (χ1v) is 11.5. The number of aryl methyl sites for hydroxylation is 1. The fourth-order valence-corrected chi connectivity index (χ4v) is 4.42. The maximum Gasteiger partial charge on any atom is 0.242 e. The molecule has 1 atom stereocenters. The molecule has 2 saturated heterocycles. The Kier molecular flexibility index (Phi) is 7.03. The van der Waals surface area contributed by atoms with Crippen molar-refractivity contribution >= 4 is 40.6 Å². The van der Waals surface area contributed by atoms with Crippen molar-refractivity contribution in [2.24, 2.45) is 15.9 Å². The van der Waals surface area contributed by atoms with Crippen LogP contribution in [0.2, 0.25) is 0 Å². The molecule has 4 rings (SSSR count). The number of aromatic nitrogens is 1. The number of amides is 2. The van der Waals surface area contributed by atoms with E-state index in [0.29, 0.717) is 18.7 Å². The van der Waals surface area contributed by atoms with Crippen molar-refractivity contribution in [2.45, 2.75) is 39.0 Å². The normalized spacial score (nSPS) is 19.8. The zero-order valence-corrected chi connectivity index (χ0v) is 18.9. The molecule has 0 bridgehead atoms. The van der Waals surface area contributed by atoms with E-state index < -0.39 is 5.92 Å². The topological polar surface area (TPSA) is 117 Å². The van der Waals surface area contributed by atoms with Gasteiger partial charge in [0.1, 0.15) is 0 Å². The van der Waals surface area contributed by atoms with Crippen LogP contribution < -0.4 is 5.32 Å². The average Bonchev–Trinajstić information content (AvgIpc) is 3.42. The number of carbonyl (C=O) groups excluding carboxylic acids is 2. The molecule has 9 nitrogen and oxygen atoms in total. The number of nitrogens with one attached hydrogen (secondary N) is 2. The number of hydrogen-bond donors (Lipinski definition) is 2. The molecule has 1 aromatic carbocycles. The number of likely N-dealkylation sites (tertiary alicyclic amines) is 2. The lowest BCUT2D eigenvalue weighted by molar-refractivity contribution is -0.140. The molecule has 1 aromatic heterocycles. The summed E-state index contributed by atoms with van der Waals surface area (Å²) < 4.78 is 0. The summed E-state index contributed by atoms with van der Waals surface area (Å²) in [7, 11) is 0. The van der Waals surface area contributed by atoms with Crippen LogP contribution in [0.1, 0.15) is 37.8 Å². The van der Waals surface area contributed by atoms with Crippen molar-refractivity contribution in [3.8, 4) is 6.19 Å². The van der Waals surface area contributed by atoms with Crippen LogP contribution in [0.4, 0.5) is 5.69 Å². The van der Waals surface area contributed by atoms with Crippen LogP contribution in [0.25, 0.3) is 10.9 Å². The Morgan fingerprint density at radius 1 is 1.24 bits per heavy atom. The first-order chi connectivity index (χ1) is 16.0. The fourth-order valence-electron chi connectivity index (χ4n) is 4.42. The highest BCUT2D eigenvalue weighted by atomic mass is 16.2. The number of nitriles is 1. The van der Waals surface area contributed by atoms with Crippen molar-refractivity contribution in [1.29, 1.82) is 5.26 Å². The van der Waals surface area contributed by atoms with E-state index in [1.165, 1.54) is 0 Å². The Balaban J connectivity index is 1.48. The standard InChI is InChI=1S/C24H29N7O2/c1-17-12-19-13-20(7-8-21(19)28-17)29-24(27-16-25)26-14-18-6-2-3-11-31(23(18)33)15-22(32)30-9-4-5-10-30/h7-8,12-14,18,28H,2-6,9-11,15H2,1H3,(H,27,29)/b26-14-. The zero-order valence-electron chi connectivity index (χ0n) is 18.9. The number of hydrogen-bond acceptors (Lipinski definition) is 4. The Morgan fingerprint density at radius 3 is 2.82 bits per heavy atom. The van der Waals surface area contributed by atoms with Crippen molar-refractivity contribution in [3.63, 3.8) is 0 Å². The number of H-pyrrole nitrogens is 1. The van der Waals surface area contributed by atoms with Gasteiger partial charge >= 0.3 is 0 Å². The summed E-state index contributed by atoms with van der Waals surface area (Å²) in [6, 6.07) is 7.71. The highest BCUT2D eigenvalue weighted by Crippen LogP contribution is 2.22. The molecule has 9 heteroatoms. The molecule has 2 aliphatic heterocycles. The third-order valence-corrected chi connectivity index (χ3v) is 6.13. The zero-order chi connectivity index (χ0) is 23.2. The summed E-state index contributed by atoms with van der Waals surface area (Å²) in [5.41, 5.74) is 2.72. The molecular formula is C24H29N7O2. The molecule has 33 heavy (non-hydrogen) atoms. The van der Waals surface area contributed by atoms with Gasteiger partial charge in [-0.2, -0.15) is 5.26 Å². The average molecular weight is 448 g/mol. The van der Waals surface area contributed by atoms with Gasteiger partial charge in [0.15, 0.2) is 6.19 Å². The van der Waals surface area contributed by atoms with Gasteiger partial charge in [-0.1, -0.05) is 6.42 Å². The number of fused-ring (bicyclic) bond motifs is 1. The van der Waals surface area contributed by atoms with Gasteiger partial charge in [0.05, 0.1) is 18.2 Å². The smallest absolute Gasteiger partial charge is 0.242 e. The second kappa shape index (κ2) is 10.3. The minimum Gasteiger partial charge on any atom is -0.359 e. The first kappa shape index (κ1) is 22.5. The maximum atomic E-state index is 13.1. The van der Waals surface area contributed by atoms with Crippen LogP contribution >= 0.6 is 0 Å². The number of aliphatic imine (C=N–C) groups is 2. The second-order valence-corrected chi connectivity index (χ2v) is 8.62. The number of rotatable bonds is 4. The monoisotopic (exact) mass is 447 g/mol. The first-order valence-electron chi connectivity index (χ1n) is 11.5. The number of benzene rings is 1. The van der Waals surface area contributed by atoms with Gasteiger partial charge < -0.3 is 14.8 Å². The van der Waals surface area contributed by atoms with E-state index in [-0.39, 0.29) is 24.3 Å². The van der Waals surface area contributed by atoms with Crippen LogP contribution in [0.5, 0.6) is 0 Å². The Labute approximate surface area is 193 Å². The summed E-state index contributed by atoms with van der Waals surface area (Å²) in [6.45, 7) is 4.24. The van der Waals surface area contributed by atoms with Gasteiger partial charge in [-0.3, -0.25) is 14.9 Å². The molecule has 1 unspecified atom stereocenters. The fraction of sp³-hybridized carbons (Fsp3) is 0.458. The molecule has 0 radical (unpaired) electrons. The molecule has 3 heterocycles. The van der Waals surface area contributed by atoms with E-state index in [9.17, 15) is 9.59 Å². The third kappa shape index (κ3) is 5.58. The van der Waals surface area contributed by atoms with Gasteiger partial charge in [-0.25, -0.2) is 9.98 Å². The largest absolute Gasteiger partial charge is 0.359 e. The summed E-state index contributed by atoms with van der Waals surface area (Å²) in [6.07, 6.45) is 7.86. The predicted octanol–water partition coefficient (Wildman–Crippen LogP) is 2.86. The Bertz CT molecular complexity index is 1120. The van der Waals surface area contributed by atoms with E-state index in [1.54, 1.807) is 11.1 Å². The summed E-state index contributed by atoms with van der Waals surface area (Å²) >= 11 is 0. The Hall–Kier alpha value is -3.67. The maximum absolute atomic E-state index is 13.1. The number of carbonyl (C=O) groups is 2. The summed E-state index contributed by atoms with van der Waals surface area (Å²) in [4.78, 5) is 41.2. The minimum atomic E-state index is -0.445. The molecular weight excluding hydrogens is 418 g/mol. The third-order valence-electron chi connectivity index (χ3n) is 6.13. The lowest BCUT2D eigenvalue weighted by Gasteiger charge is -2.25. The van der Waals surface area contributed by atoms with Crippen molar-refractivity contribution in [1.82, 2.24) is 20.1 Å². The predicted molar refractivity (Wildman–Crippen MR) is 127 cm³/mol. The Morgan fingerprint density at radius 2 is 2.03 bits per heavy atom. The van der Waals surface area contributed by atoms with Gasteiger partial charge in [0.2, 0.25) is 17.8 Å². The molecule has 2 aliphatic rings. The number of nitrogens with zero attached hydrogens (tertiary/aromatic N) is 5. The molecule has 0 spiro atoms. The molecule has 2 fully saturated rings. The lowest BCUT2D eigenvalue weighted by Crippen LogP contribution is -2.44. The van der Waals surface area contributed by atoms with Crippen LogP contribution in [0.15, 0.2) is 34.3 Å². The van der Waals surface area contributed by atoms with E-state index in [4.69, 9.17) is 5.26 Å². The van der Waals surface area contributed by atoms with E-state index in [2.05, 4.69) is 20.3 Å². The molecule has 2 N–H and O–H groups in total. The van der Waals surface area contributed by atoms with Crippen LogP contribution in [-0.4, -0.2) is 65.0 Å². The molecule has 0 aliphatic carbocycles. The van der Waals surface area contributed by atoms with Crippen LogP contribution in [0, 0.1) is 24.3 Å². The molecule has 2 aromatic rings. The second-order valence-electron chi connectivity index (χ2n) is 8.62. The van der Waals surface area contributed by atoms with Crippen molar-refractivity contribution in [2.75, 3.05) is 26.2 Å². The van der Waals surface area contributed by atoms with Gasteiger partial charge in [0.25, 0.3) is 0 Å². The van der Waals surface area contributed by atoms with Crippen molar-refractivity contribution < 1.29 is 9.59 Å². The van der Waals surface area contributed by atoms with E-state index in [1.807, 2.05) is 42.3 Å². The van der Waals surface area contributed by atoms with Gasteiger partial charge in [-0.15, -0.1) is 0 Å². The summed E-state index contributed by atoms with van der Waals surface area (Å²) in [5.74, 6) is -0.397. The van der Waals surface area contributed by atoms with Crippen molar-refractivity contribution in [3.05, 3.63) is 30.0 Å². The minimum absolute atomic E-state index is 0.0159. The summed E-state index contributed by atoms with van der Waals surface area (Å²) in [5, 5.41) is 12.6. The van der Waals surface area contributed by atoms with Gasteiger partial charge in [-0.05, 0) is 56.9 Å². The molecule has 0 saturated carbocycles. The highest BCUT2D eigenvalue weighted by molar-refractivity contribution is 6.00. The molecule has 172 valence electrons. The quantitative estimate of drug-likeness (QED) is 0.324. The van der Waals surface area contributed by atoms with Gasteiger partial charge in [0, 0.05) is 42.4 Å². The molecule has 2 amide bonds. The highest BCUT2D eigenvalue weighted by Gasteiger charge is 2.29. The van der Waals surface area contributed by atoms with Crippen LogP contribution in [-0.2, 0) is 9.59 Å². The number of guanidine groups is 1.